The Morgan fingerprint density at radius 2 is 1.71 bits per heavy atom. The summed E-state index contributed by atoms with van der Waals surface area (Å²) >= 11 is 12.3. The molecule has 9 nitrogen and oxygen atoms in total. The second kappa shape index (κ2) is 12.3. The molecule has 2 aromatic carbocycles. The van der Waals surface area contributed by atoms with Crippen LogP contribution in [0.1, 0.15) is 18.9 Å². The molecule has 0 fully saturated rings. The fourth-order valence-corrected chi connectivity index (χ4v) is 4.82. The third-order valence-corrected chi connectivity index (χ3v) is 7.05. The summed E-state index contributed by atoms with van der Waals surface area (Å²) in [4.78, 5) is 27.5. The van der Waals surface area contributed by atoms with Crippen LogP contribution in [0, 0.1) is 0 Å². The standard InChI is InChI=1S/C23H29Cl2N3O6S/c1-6-19(23(30)26-2)27(13-15-7-8-16(24)11-18(15)25)22(29)14-28(35(5,31)32)17-9-10-20(33-3)21(12-17)34-4/h7-12,19H,6,13-14H2,1-5H3,(H,26,30)/t19-/m1/s1. The molecule has 0 aromatic heterocycles. The smallest absolute Gasteiger partial charge is 0.244 e. The summed E-state index contributed by atoms with van der Waals surface area (Å²) in [5.74, 6) is -0.275. The zero-order valence-corrected chi connectivity index (χ0v) is 22.5. The Morgan fingerprint density at radius 3 is 2.23 bits per heavy atom. The van der Waals surface area contributed by atoms with Gasteiger partial charge in [0.05, 0.1) is 26.2 Å². The lowest BCUT2D eigenvalue weighted by Gasteiger charge is -2.32. The normalized spacial score (nSPS) is 12.0. The summed E-state index contributed by atoms with van der Waals surface area (Å²) in [6.07, 6.45) is 1.29. The Balaban J connectivity index is 2.50. The van der Waals surface area contributed by atoms with Gasteiger partial charge in [-0.25, -0.2) is 8.42 Å². The maximum absolute atomic E-state index is 13.6. The Morgan fingerprint density at radius 1 is 1.06 bits per heavy atom. The molecule has 0 spiro atoms. The van der Waals surface area contributed by atoms with E-state index in [-0.39, 0.29) is 18.1 Å². The molecule has 1 atom stereocenters. The van der Waals surface area contributed by atoms with Gasteiger partial charge in [0.1, 0.15) is 12.6 Å². The van der Waals surface area contributed by atoms with Crippen LogP contribution in [0.3, 0.4) is 0 Å². The van der Waals surface area contributed by atoms with Crippen molar-refractivity contribution in [3.05, 3.63) is 52.0 Å². The van der Waals surface area contributed by atoms with Crippen LogP contribution >= 0.6 is 23.2 Å². The largest absolute Gasteiger partial charge is 0.493 e. The van der Waals surface area contributed by atoms with Crippen LogP contribution in [0.4, 0.5) is 5.69 Å². The number of halogens is 2. The highest BCUT2D eigenvalue weighted by atomic mass is 35.5. The summed E-state index contributed by atoms with van der Waals surface area (Å²) in [6.45, 7) is 1.18. The third-order valence-electron chi connectivity index (χ3n) is 5.32. The van der Waals surface area contributed by atoms with E-state index in [2.05, 4.69) is 5.32 Å². The van der Waals surface area contributed by atoms with E-state index in [1.807, 2.05) is 0 Å². The number of amides is 2. The predicted octanol–water partition coefficient (Wildman–Crippen LogP) is 3.33. The van der Waals surface area contributed by atoms with Gasteiger partial charge in [-0.1, -0.05) is 36.2 Å². The van der Waals surface area contributed by atoms with Crippen LogP contribution < -0.4 is 19.1 Å². The molecule has 0 radical (unpaired) electrons. The fraction of sp³-hybridized carbons (Fsp3) is 0.391. The molecule has 2 rings (SSSR count). The second-order valence-corrected chi connectivity index (χ2v) is 10.4. The number of hydrogen-bond acceptors (Lipinski definition) is 6. The number of sulfonamides is 1. The highest BCUT2D eigenvalue weighted by molar-refractivity contribution is 7.92. The molecule has 0 aliphatic carbocycles. The van der Waals surface area contributed by atoms with E-state index in [1.54, 1.807) is 25.1 Å². The number of carbonyl (C=O) groups excluding carboxylic acids is 2. The van der Waals surface area contributed by atoms with Crippen molar-refractivity contribution < 1.29 is 27.5 Å². The quantitative estimate of drug-likeness (QED) is 0.464. The van der Waals surface area contributed by atoms with Crippen LogP contribution in [0.2, 0.25) is 10.0 Å². The van der Waals surface area contributed by atoms with Crippen LogP contribution in [-0.2, 0) is 26.2 Å². The lowest BCUT2D eigenvalue weighted by molar-refractivity contribution is -0.140. The zero-order chi connectivity index (χ0) is 26.3. The maximum atomic E-state index is 13.6. The molecule has 0 bridgehead atoms. The molecule has 192 valence electrons. The summed E-state index contributed by atoms with van der Waals surface area (Å²) in [6, 6.07) is 8.47. The Hall–Kier alpha value is -2.69. The first-order valence-electron chi connectivity index (χ1n) is 10.6. The molecule has 0 aliphatic rings. The SMILES string of the molecule is CC[C@H](C(=O)NC)N(Cc1ccc(Cl)cc1Cl)C(=O)CN(c1ccc(OC)c(OC)c1)S(C)(=O)=O. The van der Waals surface area contributed by atoms with Crippen molar-refractivity contribution in [3.8, 4) is 11.5 Å². The van der Waals surface area contributed by atoms with Gasteiger partial charge in [0.15, 0.2) is 11.5 Å². The minimum atomic E-state index is -3.89. The van der Waals surface area contributed by atoms with E-state index in [0.29, 0.717) is 33.5 Å². The van der Waals surface area contributed by atoms with Crippen molar-refractivity contribution in [2.24, 2.45) is 0 Å². The van der Waals surface area contributed by atoms with Crippen molar-refractivity contribution in [2.45, 2.75) is 25.9 Å². The van der Waals surface area contributed by atoms with Crippen molar-refractivity contribution in [2.75, 3.05) is 38.4 Å². The number of anilines is 1. The fourth-order valence-electron chi connectivity index (χ4n) is 3.51. The second-order valence-electron chi connectivity index (χ2n) is 7.60. The first-order valence-corrected chi connectivity index (χ1v) is 13.2. The number of ether oxygens (including phenoxy) is 2. The number of nitrogens with zero attached hydrogens (tertiary/aromatic N) is 2. The molecule has 2 amide bonds. The van der Waals surface area contributed by atoms with Gasteiger partial charge in [-0.15, -0.1) is 0 Å². The zero-order valence-electron chi connectivity index (χ0n) is 20.2. The summed E-state index contributed by atoms with van der Waals surface area (Å²) < 4.78 is 36.8. The van der Waals surface area contributed by atoms with Gasteiger partial charge in [0, 0.05) is 29.7 Å². The summed E-state index contributed by atoms with van der Waals surface area (Å²) in [5, 5.41) is 3.30. The Labute approximate surface area is 215 Å². The predicted molar refractivity (Wildman–Crippen MR) is 137 cm³/mol. The number of methoxy groups -OCH3 is 2. The van der Waals surface area contributed by atoms with Crippen LogP contribution in [0.25, 0.3) is 0 Å². The van der Waals surface area contributed by atoms with Crippen molar-refractivity contribution in [3.63, 3.8) is 0 Å². The minimum absolute atomic E-state index is 0.0235. The molecular weight excluding hydrogens is 517 g/mol. The highest BCUT2D eigenvalue weighted by Gasteiger charge is 2.32. The number of hydrogen-bond donors (Lipinski definition) is 1. The topological polar surface area (TPSA) is 105 Å². The number of rotatable bonds is 11. The van der Waals surface area contributed by atoms with E-state index in [9.17, 15) is 18.0 Å². The molecule has 0 aliphatic heterocycles. The van der Waals surface area contributed by atoms with Gasteiger partial charge in [-0.2, -0.15) is 0 Å². The van der Waals surface area contributed by atoms with E-state index >= 15 is 0 Å². The van der Waals surface area contributed by atoms with Crippen LogP contribution in [0.15, 0.2) is 36.4 Å². The average Bonchev–Trinajstić information content (AvgIpc) is 2.82. The van der Waals surface area contributed by atoms with E-state index in [1.165, 1.54) is 44.4 Å². The average molecular weight is 546 g/mol. The monoisotopic (exact) mass is 545 g/mol. The molecular formula is C23H29Cl2N3O6S. The number of benzene rings is 2. The van der Waals surface area contributed by atoms with E-state index in [4.69, 9.17) is 32.7 Å². The molecule has 12 heteroatoms. The molecule has 0 saturated carbocycles. The summed E-state index contributed by atoms with van der Waals surface area (Å²) in [7, 11) is 0.455. The lowest BCUT2D eigenvalue weighted by Crippen LogP contribution is -2.51. The Kier molecular flexibility index (Phi) is 10.1. The highest BCUT2D eigenvalue weighted by Crippen LogP contribution is 2.32. The van der Waals surface area contributed by atoms with Crippen LogP contribution in [0.5, 0.6) is 11.5 Å². The van der Waals surface area contributed by atoms with E-state index in [0.717, 1.165) is 10.6 Å². The lowest BCUT2D eigenvalue weighted by atomic mass is 10.1. The van der Waals surface area contributed by atoms with Crippen molar-refractivity contribution in [1.82, 2.24) is 10.2 Å². The van der Waals surface area contributed by atoms with E-state index < -0.39 is 28.5 Å². The Bertz CT molecular complexity index is 1180. The van der Waals surface area contributed by atoms with Gasteiger partial charge >= 0.3 is 0 Å². The molecule has 0 heterocycles. The molecule has 0 unspecified atom stereocenters. The summed E-state index contributed by atoms with van der Waals surface area (Å²) in [5.41, 5.74) is 0.764. The number of carbonyl (C=O) groups is 2. The minimum Gasteiger partial charge on any atom is -0.493 e. The van der Waals surface area contributed by atoms with Gasteiger partial charge < -0.3 is 19.7 Å². The van der Waals surface area contributed by atoms with Gasteiger partial charge in [-0.3, -0.25) is 13.9 Å². The molecule has 1 N–H and O–H groups in total. The number of nitrogens with one attached hydrogen (secondary N) is 1. The van der Waals surface area contributed by atoms with Gasteiger partial charge in [0.2, 0.25) is 21.8 Å². The van der Waals surface area contributed by atoms with Gasteiger partial charge in [0.25, 0.3) is 0 Å². The van der Waals surface area contributed by atoms with Gasteiger partial charge in [-0.05, 0) is 36.2 Å². The molecule has 35 heavy (non-hydrogen) atoms. The number of likely N-dealkylation sites (N-methyl/N-ethyl adjacent to an activating group) is 1. The van der Waals surface area contributed by atoms with Crippen molar-refractivity contribution >= 4 is 50.7 Å². The first-order chi connectivity index (χ1) is 16.5. The molecule has 0 saturated heterocycles. The maximum Gasteiger partial charge on any atom is 0.244 e. The third kappa shape index (κ3) is 7.16. The molecule has 2 aromatic rings. The van der Waals surface area contributed by atoms with Crippen LogP contribution in [-0.4, -0.2) is 65.2 Å². The first kappa shape index (κ1) is 28.5. The van der Waals surface area contributed by atoms with Crippen molar-refractivity contribution in [1.29, 1.82) is 0 Å².